The minimum Gasteiger partial charge on any atom is -0.481 e. The maximum atomic E-state index is 11.1. The van der Waals surface area contributed by atoms with Crippen LogP contribution >= 0.6 is 0 Å². The first-order chi connectivity index (χ1) is 13.6. The van der Waals surface area contributed by atoms with E-state index in [2.05, 4.69) is 59.6 Å². The van der Waals surface area contributed by atoms with E-state index in [1.54, 1.807) is 0 Å². The third-order valence-corrected chi connectivity index (χ3v) is 5.49. The number of nitrogens with zero attached hydrogens (tertiary/aromatic N) is 1. The molecule has 1 heterocycles. The quantitative estimate of drug-likeness (QED) is 0.691. The number of carboxylic acid groups (broad SMARTS) is 1. The van der Waals surface area contributed by atoms with Gasteiger partial charge in [0.25, 0.3) is 0 Å². The predicted molar refractivity (Wildman–Crippen MR) is 113 cm³/mol. The van der Waals surface area contributed by atoms with Crippen molar-refractivity contribution in [2.75, 3.05) is 13.1 Å². The number of rotatable bonds is 9. The summed E-state index contributed by atoms with van der Waals surface area (Å²) >= 11 is 0. The van der Waals surface area contributed by atoms with Crippen molar-refractivity contribution in [3.63, 3.8) is 0 Å². The molecule has 4 nitrogen and oxygen atoms in total. The molecule has 1 aliphatic rings. The molecule has 2 aromatic rings. The Labute approximate surface area is 168 Å². The fourth-order valence-corrected chi connectivity index (χ4v) is 4.33. The van der Waals surface area contributed by atoms with Gasteiger partial charge >= 0.3 is 5.97 Å². The van der Waals surface area contributed by atoms with Crippen molar-refractivity contribution in [3.05, 3.63) is 71.8 Å². The van der Waals surface area contributed by atoms with E-state index < -0.39 is 5.97 Å². The van der Waals surface area contributed by atoms with Gasteiger partial charge in [-0.1, -0.05) is 67.6 Å². The summed E-state index contributed by atoms with van der Waals surface area (Å²) in [5.74, 6) is -0.0885. The van der Waals surface area contributed by atoms with Gasteiger partial charge in [0.05, 0.1) is 0 Å². The zero-order valence-corrected chi connectivity index (χ0v) is 16.8. The number of carboxylic acids is 1. The van der Waals surface area contributed by atoms with Crippen molar-refractivity contribution in [1.82, 2.24) is 10.2 Å². The van der Waals surface area contributed by atoms with Gasteiger partial charge in [-0.15, -0.1) is 0 Å². The topological polar surface area (TPSA) is 52.6 Å². The first-order valence-corrected chi connectivity index (χ1v) is 10.4. The molecule has 0 bridgehead atoms. The molecule has 3 unspecified atom stereocenters. The van der Waals surface area contributed by atoms with Gasteiger partial charge in [-0.2, -0.15) is 0 Å². The number of benzene rings is 2. The largest absolute Gasteiger partial charge is 0.481 e. The highest BCUT2D eigenvalue weighted by Crippen LogP contribution is 2.20. The fourth-order valence-electron chi connectivity index (χ4n) is 4.33. The number of likely N-dealkylation sites (tertiary alicyclic amines) is 1. The smallest absolute Gasteiger partial charge is 0.303 e. The Morgan fingerprint density at radius 3 is 2.36 bits per heavy atom. The molecule has 0 amide bonds. The summed E-state index contributed by atoms with van der Waals surface area (Å²) in [5.41, 5.74) is 2.61. The Morgan fingerprint density at radius 2 is 1.71 bits per heavy atom. The second-order valence-corrected chi connectivity index (χ2v) is 8.20. The Bertz CT molecular complexity index is 720. The van der Waals surface area contributed by atoms with Crippen molar-refractivity contribution in [2.45, 2.75) is 51.2 Å². The average Bonchev–Trinajstić information content (AvgIpc) is 2.67. The van der Waals surface area contributed by atoms with Gasteiger partial charge in [0, 0.05) is 38.1 Å². The Morgan fingerprint density at radius 1 is 1.07 bits per heavy atom. The van der Waals surface area contributed by atoms with E-state index >= 15 is 0 Å². The van der Waals surface area contributed by atoms with Gasteiger partial charge in [-0.25, -0.2) is 0 Å². The third kappa shape index (κ3) is 6.77. The van der Waals surface area contributed by atoms with E-state index in [1.165, 1.54) is 11.1 Å². The molecular formula is C24H32N2O2. The molecule has 1 aliphatic heterocycles. The number of piperidine rings is 1. The third-order valence-electron chi connectivity index (χ3n) is 5.49. The second-order valence-electron chi connectivity index (χ2n) is 8.20. The second kappa shape index (κ2) is 10.4. The van der Waals surface area contributed by atoms with Crippen LogP contribution in [0.15, 0.2) is 60.7 Å². The van der Waals surface area contributed by atoms with Crippen LogP contribution in [-0.2, 0) is 17.8 Å². The van der Waals surface area contributed by atoms with Crippen molar-refractivity contribution in [2.24, 2.45) is 5.92 Å². The van der Waals surface area contributed by atoms with Crippen molar-refractivity contribution >= 4 is 5.97 Å². The zero-order valence-electron chi connectivity index (χ0n) is 16.8. The van der Waals surface area contributed by atoms with Gasteiger partial charge in [-0.05, 0) is 36.3 Å². The molecule has 0 aliphatic carbocycles. The predicted octanol–water partition coefficient (Wildman–Crippen LogP) is 3.96. The van der Waals surface area contributed by atoms with E-state index in [0.29, 0.717) is 18.4 Å². The summed E-state index contributed by atoms with van der Waals surface area (Å²) < 4.78 is 0. The van der Waals surface area contributed by atoms with Crippen molar-refractivity contribution in [3.8, 4) is 0 Å². The van der Waals surface area contributed by atoms with Crippen LogP contribution in [0.25, 0.3) is 0 Å². The molecular weight excluding hydrogens is 348 g/mol. The van der Waals surface area contributed by atoms with E-state index in [4.69, 9.17) is 5.11 Å². The van der Waals surface area contributed by atoms with E-state index in [-0.39, 0.29) is 12.5 Å². The highest BCUT2D eigenvalue weighted by atomic mass is 16.4. The summed E-state index contributed by atoms with van der Waals surface area (Å²) in [6.45, 7) is 5.42. The van der Waals surface area contributed by atoms with Gasteiger partial charge in [0.15, 0.2) is 0 Å². The Kier molecular flexibility index (Phi) is 7.63. The molecule has 0 radical (unpaired) electrons. The summed E-state index contributed by atoms with van der Waals surface area (Å²) in [6.07, 6.45) is 2.88. The van der Waals surface area contributed by atoms with Crippen LogP contribution in [-0.4, -0.2) is 41.1 Å². The average molecular weight is 381 g/mol. The fraction of sp³-hybridized carbons (Fsp3) is 0.458. The van der Waals surface area contributed by atoms with Crippen molar-refractivity contribution < 1.29 is 9.90 Å². The lowest BCUT2D eigenvalue weighted by atomic mass is 9.93. The van der Waals surface area contributed by atoms with Crippen LogP contribution < -0.4 is 5.32 Å². The van der Waals surface area contributed by atoms with Gasteiger partial charge in [-0.3, -0.25) is 9.69 Å². The van der Waals surface area contributed by atoms with Crippen LogP contribution in [0.3, 0.4) is 0 Å². The lowest BCUT2D eigenvalue weighted by Crippen LogP contribution is -2.51. The number of carbonyl (C=O) groups is 1. The van der Waals surface area contributed by atoms with Gasteiger partial charge < -0.3 is 10.4 Å². The number of nitrogens with one attached hydrogen (secondary N) is 1. The molecule has 28 heavy (non-hydrogen) atoms. The van der Waals surface area contributed by atoms with Gasteiger partial charge in [0.1, 0.15) is 0 Å². The SMILES string of the molecule is CC1CC(NC(CCC(=O)O)Cc2ccccc2)CN(Cc2ccccc2)C1. The maximum absolute atomic E-state index is 11.1. The van der Waals surface area contributed by atoms with Crippen LogP contribution in [0.2, 0.25) is 0 Å². The highest BCUT2D eigenvalue weighted by Gasteiger charge is 2.26. The maximum Gasteiger partial charge on any atom is 0.303 e. The monoisotopic (exact) mass is 380 g/mol. The standard InChI is InChI=1S/C24H32N2O2/c1-19-14-23(18-26(16-19)17-21-10-6-3-7-11-21)25-22(12-13-24(27)28)15-20-8-4-2-5-9-20/h2-11,19,22-23,25H,12-18H2,1H3,(H,27,28). The zero-order chi connectivity index (χ0) is 19.8. The van der Waals surface area contributed by atoms with Crippen LogP contribution in [0.4, 0.5) is 0 Å². The first-order valence-electron chi connectivity index (χ1n) is 10.4. The number of hydrogen-bond donors (Lipinski definition) is 2. The Balaban J connectivity index is 1.61. The molecule has 150 valence electrons. The molecule has 1 saturated heterocycles. The van der Waals surface area contributed by atoms with E-state index in [9.17, 15) is 4.79 Å². The highest BCUT2D eigenvalue weighted by molar-refractivity contribution is 5.66. The molecule has 0 saturated carbocycles. The molecule has 0 spiro atoms. The lowest BCUT2D eigenvalue weighted by Gasteiger charge is -2.38. The van der Waals surface area contributed by atoms with E-state index in [0.717, 1.165) is 32.5 Å². The van der Waals surface area contributed by atoms with Crippen LogP contribution in [0, 0.1) is 5.92 Å². The summed E-state index contributed by atoms with van der Waals surface area (Å²) in [5, 5.41) is 12.9. The summed E-state index contributed by atoms with van der Waals surface area (Å²) in [4.78, 5) is 13.6. The molecule has 2 N–H and O–H groups in total. The number of aliphatic carboxylic acids is 1. The molecule has 1 fully saturated rings. The lowest BCUT2D eigenvalue weighted by molar-refractivity contribution is -0.137. The van der Waals surface area contributed by atoms with Crippen molar-refractivity contribution in [1.29, 1.82) is 0 Å². The molecule has 3 rings (SSSR count). The summed E-state index contributed by atoms with van der Waals surface area (Å²) in [6, 6.07) is 21.6. The van der Waals surface area contributed by atoms with Crippen LogP contribution in [0.5, 0.6) is 0 Å². The molecule has 4 heteroatoms. The van der Waals surface area contributed by atoms with Crippen LogP contribution in [0.1, 0.15) is 37.3 Å². The molecule has 0 aromatic heterocycles. The minimum atomic E-state index is -0.720. The van der Waals surface area contributed by atoms with E-state index in [1.807, 2.05) is 18.2 Å². The molecule has 2 aromatic carbocycles. The Hall–Kier alpha value is -2.17. The molecule has 3 atom stereocenters. The van der Waals surface area contributed by atoms with Gasteiger partial charge in [0.2, 0.25) is 0 Å². The minimum absolute atomic E-state index is 0.187. The normalized spacial score (nSPS) is 21.3. The number of hydrogen-bond acceptors (Lipinski definition) is 3. The summed E-state index contributed by atoms with van der Waals surface area (Å²) in [7, 11) is 0. The first kappa shape index (κ1) is 20.6.